The Hall–Kier alpha value is -0.794. The van der Waals surface area contributed by atoms with E-state index in [1.807, 2.05) is 0 Å². The molecule has 0 spiro atoms. The first-order valence-electron chi connectivity index (χ1n) is 6.04. The first kappa shape index (κ1) is 16.2. The minimum absolute atomic E-state index is 0. The molecule has 0 fully saturated rings. The Morgan fingerprint density at radius 2 is 1.12 bits per heavy atom. The molecule has 2 aromatic carbocycles. The summed E-state index contributed by atoms with van der Waals surface area (Å²) >= 11 is 0. The summed E-state index contributed by atoms with van der Waals surface area (Å²) in [7, 11) is 0. The normalized spacial score (nSPS) is 9.76. The van der Waals surface area contributed by atoms with Gasteiger partial charge >= 0.3 is 16.8 Å². The van der Waals surface area contributed by atoms with Crippen molar-refractivity contribution in [2.24, 2.45) is 0 Å². The van der Waals surface area contributed by atoms with Crippen molar-refractivity contribution >= 4 is 0 Å². The van der Waals surface area contributed by atoms with Crippen molar-refractivity contribution in [1.29, 1.82) is 0 Å². The first-order valence-corrected chi connectivity index (χ1v) is 6.04. The fraction of sp³-hybridized carbons (Fsp3) is 0.375. The van der Waals surface area contributed by atoms with Gasteiger partial charge in [-0.15, -0.1) is 0 Å². The van der Waals surface area contributed by atoms with Crippen molar-refractivity contribution in [3.05, 3.63) is 59.7 Å². The molecular formula is C16H22Co. The predicted octanol–water partition coefficient (Wildman–Crippen LogP) is 5.06. The van der Waals surface area contributed by atoms with E-state index in [-0.39, 0.29) is 16.8 Å². The van der Waals surface area contributed by atoms with Gasteiger partial charge in [0, 0.05) is 0 Å². The molecule has 0 aliphatic carbocycles. The third-order valence-corrected chi connectivity index (χ3v) is 2.71. The van der Waals surface area contributed by atoms with E-state index in [1.54, 1.807) is 0 Å². The van der Waals surface area contributed by atoms with Crippen LogP contribution in [0.3, 0.4) is 0 Å². The molecule has 0 N–H and O–H groups in total. The summed E-state index contributed by atoms with van der Waals surface area (Å²) in [5.74, 6) is 1.37. The summed E-state index contributed by atoms with van der Waals surface area (Å²) in [5.41, 5.74) is 2.87. The van der Waals surface area contributed by atoms with Gasteiger partial charge in [0.05, 0.1) is 0 Å². The average Bonchev–Trinajstić information content (AvgIpc) is 2.93. The van der Waals surface area contributed by atoms with Crippen LogP contribution in [0.2, 0.25) is 0 Å². The molecule has 0 saturated carbocycles. The third-order valence-electron chi connectivity index (χ3n) is 2.71. The monoisotopic (exact) mass is 273 g/mol. The molecule has 0 aromatic heterocycles. The Bertz CT molecular complexity index is 314. The van der Waals surface area contributed by atoms with E-state index >= 15 is 0 Å². The van der Waals surface area contributed by atoms with Gasteiger partial charge in [-0.1, -0.05) is 27.7 Å². The van der Waals surface area contributed by atoms with Crippen LogP contribution in [0.5, 0.6) is 0 Å². The maximum Gasteiger partial charge on any atom is 2.00 e. The molecule has 0 saturated heterocycles. The minimum atomic E-state index is 0. The second-order valence-corrected chi connectivity index (χ2v) is 4.75. The van der Waals surface area contributed by atoms with E-state index < -0.39 is 0 Å². The molecule has 17 heavy (non-hydrogen) atoms. The fourth-order valence-electron chi connectivity index (χ4n) is 1.55. The summed E-state index contributed by atoms with van der Waals surface area (Å²) in [6.45, 7) is 8.81. The third kappa shape index (κ3) is 5.90. The Balaban J connectivity index is 0.000000284. The Kier molecular flexibility index (Phi) is 7.93. The molecule has 0 heterocycles. The van der Waals surface area contributed by atoms with E-state index in [0.717, 1.165) is 0 Å². The molecule has 95 valence electrons. The van der Waals surface area contributed by atoms with E-state index in [4.69, 9.17) is 0 Å². The molecule has 0 bridgehead atoms. The molecule has 0 unspecified atom stereocenters. The average molecular weight is 273 g/mol. The van der Waals surface area contributed by atoms with Crippen LogP contribution in [0.15, 0.2) is 48.5 Å². The maximum atomic E-state index is 2.20. The standard InChI is InChI=1S/2C8H11.Co/c2*1-7(2)8-5-3-4-6-8;/h2*3-7H,1-2H3;/q2*-1;+2. The van der Waals surface area contributed by atoms with Crippen LogP contribution in [-0.2, 0) is 16.8 Å². The first-order chi connectivity index (χ1) is 7.61. The second-order valence-electron chi connectivity index (χ2n) is 4.75. The van der Waals surface area contributed by atoms with Crippen molar-refractivity contribution in [3.8, 4) is 0 Å². The minimum Gasteiger partial charge on any atom is -0.213 e. The van der Waals surface area contributed by atoms with E-state index in [9.17, 15) is 0 Å². The number of hydrogen-bond acceptors (Lipinski definition) is 0. The van der Waals surface area contributed by atoms with Crippen molar-refractivity contribution in [2.75, 3.05) is 0 Å². The zero-order valence-corrected chi connectivity index (χ0v) is 12.1. The van der Waals surface area contributed by atoms with Gasteiger partial charge in [-0.25, -0.2) is 24.3 Å². The summed E-state index contributed by atoms with van der Waals surface area (Å²) in [5, 5.41) is 0. The van der Waals surface area contributed by atoms with Crippen LogP contribution in [0, 0.1) is 0 Å². The van der Waals surface area contributed by atoms with Gasteiger partial charge in [0.2, 0.25) is 0 Å². The van der Waals surface area contributed by atoms with E-state index in [2.05, 4.69) is 76.2 Å². The summed E-state index contributed by atoms with van der Waals surface area (Å²) in [4.78, 5) is 0. The van der Waals surface area contributed by atoms with Crippen molar-refractivity contribution < 1.29 is 16.8 Å². The molecule has 1 radical (unpaired) electrons. The van der Waals surface area contributed by atoms with Crippen molar-refractivity contribution in [1.82, 2.24) is 0 Å². The fourth-order valence-corrected chi connectivity index (χ4v) is 1.55. The van der Waals surface area contributed by atoms with Crippen LogP contribution in [-0.4, -0.2) is 0 Å². The van der Waals surface area contributed by atoms with Crippen LogP contribution in [0.25, 0.3) is 0 Å². The van der Waals surface area contributed by atoms with Gasteiger partial charge < -0.3 is 0 Å². The van der Waals surface area contributed by atoms with Crippen LogP contribution < -0.4 is 0 Å². The van der Waals surface area contributed by atoms with Gasteiger partial charge in [0.25, 0.3) is 0 Å². The van der Waals surface area contributed by atoms with E-state index in [1.165, 1.54) is 11.1 Å². The molecule has 1 heteroatoms. The Morgan fingerprint density at radius 1 is 0.765 bits per heavy atom. The zero-order chi connectivity index (χ0) is 12.0. The van der Waals surface area contributed by atoms with Gasteiger partial charge in [0.15, 0.2) is 0 Å². The zero-order valence-electron chi connectivity index (χ0n) is 11.1. The topological polar surface area (TPSA) is 0 Å². The maximum absolute atomic E-state index is 2.20. The van der Waals surface area contributed by atoms with Gasteiger partial charge in [-0.2, -0.15) is 35.4 Å². The summed E-state index contributed by atoms with van der Waals surface area (Å²) in [6.07, 6.45) is 0. The molecular weight excluding hydrogens is 251 g/mol. The van der Waals surface area contributed by atoms with Crippen LogP contribution in [0.4, 0.5) is 0 Å². The van der Waals surface area contributed by atoms with Crippen molar-refractivity contribution in [2.45, 2.75) is 39.5 Å². The van der Waals surface area contributed by atoms with Gasteiger partial charge in [-0.05, 0) is 11.8 Å². The van der Waals surface area contributed by atoms with Crippen molar-refractivity contribution in [3.63, 3.8) is 0 Å². The molecule has 0 aliphatic heterocycles. The SMILES string of the molecule is CC(C)c1ccc[cH-]1.CC(C)c1ccc[cH-]1.[Co+2]. The molecule has 0 atom stereocenters. The van der Waals surface area contributed by atoms with Gasteiger partial charge in [-0.3, -0.25) is 0 Å². The molecule has 2 aromatic rings. The van der Waals surface area contributed by atoms with Crippen LogP contribution in [0.1, 0.15) is 50.7 Å². The molecule has 0 nitrogen and oxygen atoms in total. The van der Waals surface area contributed by atoms with Gasteiger partial charge in [0.1, 0.15) is 0 Å². The largest absolute Gasteiger partial charge is 2.00 e. The Morgan fingerprint density at radius 3 is 1.24 bits per heavy atom. The predicted molar refractivity (Wildman–Crippen MR) is 72.2 cm³/mol. The van der Waals surface area contributed by atoms with E-state index in [0.29, 0.717) is 11.8 Å². The molecule has 0 amide bonds. The Labute approximate surface area is 116 Å². The molecule has 0 aliphatic rings. The second kappa shape index (κ2) is 8.32. The van der Waals surface area contributed by atoms with Crippen LogP contribution >= 0.6 is 0 Å². The molecule has 2 rings (SSSR count). The number of rotatable bonds is 2. The summed E-state index contributed by atoms with van der Waals surface area (Å²) < 4.78 is 0. The smallest absolute Gasteiger partial charge is 0.213 e. The quantitative estimate of drug-likeness (QED) is 0.671. The summed E-state index contributed by atoms with van der Waals surface area (Å²) in [6, 6.07) is 16.9. The number of hydrogen-bond donors (Lipinski definition) is 0.